The summed E-state index contributed by atoms with van der Waals surface area (Å²) >= 11 is 3.21. The molecule has 0 saturated heterocycles. The van der Waals surface area contributed by atoms with Crippen LogP contribution >= 0.6 is 15.9 Å². The summed E-state index contributed by atoms with van der Waals surface area (Å²) in [7, 11) is 4.01. The Balaban J connectivity index is 1.95. The zero-order valence-electron chi connectivity index (χ0n) is 14.8. The number of carbonyl (C=O) groups is 1. The predicted molar refractivity (Wildman–Crippen MR) is 104 cm³/mol. The number of likely N-dealkylation sites (N-methyl/N-ethyl adjacent to an activating group) is 1. The second-order valence-corrected chi connectivity index (χ2v) is 7.11. The van der Waals surface area contributed by atoms with E-state index in [1.54, 1.807) is 12.1 Å². The topological polar surface area (TPSA) is 36.8 Å². The molecule has 1 atom stereocenters. The van der Waals surface area contributed by atoms with Gasteiger partial charge in [-0.3, -0.25) is 4.79 Å². The van der Waals surface area contributed by atoms with Gasteiger partial charge in [-0.2, -0.15) is 0 Å². The maximum Gasteiger partial charge on any atom is 0.279 e. The maximum absolute atomic E-state index is 13.8. The lowest BCUT2D eigenvalue weighted by molar-refractivity contribution is -0.903. The summed E-state index contributed by atoms with van der Waals surface area (Å²) in [6.07, 6.45) is 0. The van der Waals surface area contributed by atoms with Crippen molar-refractivity contribution in [2.45, 2.75) is 13.5 Å². The van der Waals surface area contributed by atoms with Crippen LogP contribution in [0.5, 0.6) is 0 Å². The van der Waals surface area contributed by atoms with Gasteiger partial charge in [0.1, 0.15) is 12.4 Å². The van der Waals surface area contributed by atoms with Gasteiger partial charge in [0.05, 0.1) is 12.2 Å². The molecule has 1 unspecified atom stereocenters. The summed E-state index contributed by atoms with van der Waals surface area (Å²) < 4.78 is 14.5. The van der Waals surface area contributed by atoms with Crippen LogP contribution in [0.4, 0.5) is 15.8 Å². The molecule has 0 aliphatic carbocycles. The summed E-state index contributed by atoms with van der Waals surface area (Å²) in [5.41, 5.74) is 2.52. The molecule has 2 N–H and O–H groups in total. The maximum atomic E-state index is 13.8. The smallest absolute Gasteiger partial charge is 0.279 e. The lowest BCUT2D eigenvalue weighted by Crippen LogP contribution is -3.11. The average molecular weight is 409 g/mol. The quantitative estimate of drug-likeness (QED) is 0.738. The minimum absolute atomic E-state index is 0.192. The fraction of sp³-hybridized carbons (Fsp3) is 0.316. The highest BCUT2D eigenvalue weighted by Crippen LogP contribution is 2.19. The summed E-state index contributed by atoms with van der Waals surface area (Å²) in [6, 6.07) is 12.9. The van der Waals surface area contributed by atoms with Crippen molar-refractivity contribution >= 4 is 33.2 Å². The van der Waals surface area contributed by atoms with Gasteiger partial charge < -0.3 is 15.1 Å². The molecule has 1 amide bonds. The van der Waals surface area contributed by atoms with Crippen molar-refractivity contribution < 1.29 is 14.1 Å². The number of quaternary nitrogens is 1. The first-order valence-electron chi connectivity index (χ1n) is 8.23. The fourth-order valence-electron chi connectivity index (χ4n) is 2.53. The Morgan fingerprint density at radius 1 is 1.20 bits per heavy atom. The molecule has 0 spiro atoms. The molecular formula is C19H24BrFN3O+. The van der Waals surface area contributed by atoms with Crippen molar-refractivity contribution in [1.82, 2.24) is 0 Å². The molecule has 0 fully saturated rings. The number of hydrogen-bond donors (Lipinski definition) is 2. The van der Waals surface area contributed by atoms with Crippen molar-refractivity contribution in [2.75, 3.05) is 37.4 Å². The van der Waals surface area contributed by atoms with Crippen LogP contribution in [-0.2, 0) is 11.3 Å². The molecule has 25 heavy (non-hydrogen) atoms. The Morgan fingerprint density at radius 3 is 2.44 bits per heavy atom. The Kier molecular flexibility index (Phi) is 6.96. The average Bonchev–Trinajstić information content (AvgIpc) is 2.57. The summed E-state index contributed by atoms with van der Waals surface area (Å²) in [5, 5.41) is 2.65. The van der Waals surface area contributed by atoms with Crippen LogP contribution in [0, 0.1) is 5.82 Å². The minimum Gasteiger partial charge on any atom is -0.378 e. The number of amides is 1. The standard InChI is InChI=1S/C19H23BrFN3O/c1-4-24(12-14-5-8-16(9-6-14)23(2)3)13-19(25)22-18-10-7-15(20)11-17(18)21/h5-11H,4,12-13H2,1-3H3,(H,22,25)/p+1. The molecular weight excluding hydrogens is 385 g/mol. The zero-order chi connectivity index (χ0) is 18.4. The first kappa shape index (κ1) is 19.4. The van der Waals surface area contributed by atoms with E-state index in [0.29, 0.717) is 11.0 Å². The largest absolute Gasteiger partial charge is 0.378 e. The SMILES string of the molecule is CC[NH+](CC(=O)Nc1ccc(Br)cc1F)Cc1ccc(N(C)C)cc1. The van der Waals surface area contributed by atoms with Crippen LogP contribution in [0.3, 0.4) is 0 Å². The van der Waals surface area contributed by atoms with Gasteiger partial charge in [0.2, 0.25) is 0 Å². The number of anilines is 2. The van der Waals surface area contributed by atoms with Gasteiger partial charge in [-0.25, -0.2) is 4.39 Å². The molecule has 0 aliphatic rings. The number of carbonyl (C=O) groups excluding carboxylic acids is 1. The highest BCUT2D eigenvalue weighted by molar-refractivity contribution is 9.10. The Bertz CT molecular complexity index is 719. The van der Waals surface area contributed by atoms with Gasteiger partial charge in [-0.15, -0.1) is 0 Å². The van der Waals surface area contributed by atoms with E-state index in [1.165, 1.54) is 11.6 Å². The molecule has 2 aromatic rings. The first-order chi connectivity index (χ1) is 11.9. The monoisotopic (exact) mass is 408 g/mol. The van der Waals surface area contributed by atoms with E-state index in [4.69, 9.17) is 0 Å². The summed E-state index contributed by atoms with van der Waals surface area (Å²) in [4.78, 5) is 15.4. The number of benzene rings is 2. The van der Waals surface area contributed by atoms with Crippen molar-refractivity contribution in [2.24, 2.45) is 0 Å². The number of rotatable bonds is 7. The van der Waals surface area contributed by atoms with Gasteiger partial charge in [0.15, 0.2) is 6.54 Å². The van der Waals surface area contributed by atoms with Crippen LogP contribution in [0.2, 0.25) is 0 Å². The van der Waals surface area contributed by atoms with Gasteiger partial charge in [0.25, 0.3) is 5.91 Å². The first-order valence-corrected chi connectivity index (χ1v) is 9.03. The molecule has 0 saturated carbocycles. The highest BCUT2D eigenvalue weighted by atomic mass is 79.9. The van der Waals surface area contributed by atoms with Gasteiger partial charge >= 0.3 is 0 Å². The lowest BCUT2D eigenvalue weighted by atomic mass is 10.2. The third kappa shape index (κ3) is 5.83. The molecule has 0 heterocycles. The van der Waals surface area contributed by atoms with Crippen LogP contribution < -0.4 is 15.1 Å². The highest BCUT2D eigenvalue weighted by Gasteiger charge is 2.15. The van der Waals surface area contributed by atoms with E-state index < -0.39 is 5.82 Å². The Morgan fingerprint density at radius 2 is 1.88 bits per heavy atom. The van der Waals surface area contributed by atoms with Crippen molar-refractivity contribution in [3.8, 4) is 0 Å². The summed E-state index contributed by atoms with van der Waals surface area (Å²) in [6.45, 7) is 3.89. The van der Waals surface area contributed by atoms with E-state index in [2.05, 4.69) is 50.4 Å². The van der Waals surface area contributed by atoms with Crippen molar-refractivity contribution in [1.29, 1.82) is 0 Å². The van der Waals surface area contributed by atoms with Gasteiger partial charge in [-0.05, 0) is 37.3 Å². The van der Waals surface area contributed by atoms with Gasteiger partial charge in [-0.1, -0.05) is 28.1 Å². The molecule has 0 aromatic heterocycles. The molecule has 2 rings (SSSR count). The number of hydrogen-bond acceptors (Lipinski definition) is 2. The fourth-order valence-corrected chi connectivity index (χ4v) is 2.86. The third-order valence-corrected chi connectivity index (χ3v) is 4.52. The van der Waals surface area contributed by atoms with E-state index in [0.717, 1.165) is 23.7 Å². The van der Waals surface area contributed by atoms with Crippen LogP contribution in [0.25, 0.3) is 0 Å². The van der Waals surface area contributed by atoms with E-state index in [-0.39, 0.29) is 11.6 Å². The van der Waals surface area contributed by atoms with Crippen LogP contribution in [0.1, 0.15) is 12.5 Å². The van der Waals surface area contributed by atoms with Crippen LogP contribution in [-0.4, -0.2) is 33.1 Å². The second-order valence-electron chi connectivity index (χ2n) is 6.19. The number of halogens is 2. The molecule has 134 valence electrons. The summed E-state index contributed by atoms with van der Waals surface area (Å²) in [5.74, 6) is -0.636. The zero-order valence-corrected chi connectivity index (χ0v) is 16.4. The third-order valence-electron chi connectivity index (χ3n) is 4.02. The van der Waals surface area contributed by atoms with E-state index in [9.17, 15) is 9.18 Å². The number of nitrogens with zero attached hydrogens (tertiary/aromatic N) is 1. The Labute approximate surface area is 156 Å². The molecule has 0 radical (unpaired) electrons. The molecule has 2 aromatic carbocycles. The lowest BCUT2D eigenvalue weighted by Gasteiger charge is -2.18. The van der Waals surface area contributed by atoms with E-state index >= 15 is 0 Å². The van der Waals surface area contributed by atoms with E-state index in [1.807, 2.05) is 21.0 Å². The molecule has 4 nitrogen and oxygen atoms in total. The van der Waals surface area contributed by atoms with Crippen molar-refractivity contribution in [3.05, 3.63) is 58.3 Å². The second kappa shape index (κ2) is 8.97. The Hall–Kier alpha value is -1.92. The normalized spacial score (nSPS) is 11.9. The van der Waals surface area contributed by atoms with Crippen LogP contribution in [0.15, 0.2) is 46.9 Å². The van der Waals surface area contributed by atoms with Gasteiger partial charge in [0, 0.05) is 29.8 Å². The van der Waals surface area contributed by atoms with Crippen molar-refractivity contribution in [3.63, 3.8) is 0 Å². The molecule has 0 aliphatic heterocycles. The molecule has 6 heteroatoms. The predicted octanol–water partition coefficient (Wildman–Crippen LogP) is 2.70. The minimum atomic E-state index is -0.444. The number of nitrogens with one attached hydrogen (secondary N) is 2. The molecule has 0 bridgehead atoms.